The Hall–Kier alpha value is -4.22. The summed E-state index contributed by atoms with van der Waals surface area (Å²) in [5, 5.41) is 0. The number of methoxy groups -OCH3 is 1. The monoisotopic (exact) mass is 545 g/mol. The summed E-state index contributed by atoms with van der Waals surface area (Å²) in [4.78, 5) is 35.0. The largest absolute Gasteiger partial charge is 0.469 e. The Morgan fingerprint density at radius 1 is 1.05 bits per heavy atom. The minimum Gasteiger partial charge on any atom is -0.469 e. The van der Waals surface area contributed by atoms with Crippen molar-refractivity contribution in [2.45, 2.75) is 43.9 Å². The van der Waals surface area contributed by atoms with Crippen molar-refractivity contribution in [2.75, 3.05) is 24.0 Å². The highest BCUT2D eigenvalue weighted by atomic mass is 19.4. The molecule has 2 N–H and O–H groups in total. The van der Waals surface area contributed by atoms with E-state index in [1.54, 1.807) is 36.2 Å². The molecular formula is C27H27F4N5O3. The van der Waals surface area contributed by atoms with Crippen LogP contribution in [-0.2, 0) is 26.9 Å². The average molecular weight is 546 g/mol. The highest BCUT2D eigenvalue weighted by molar-refractivity contribution is 5.77. The minimum absolute atomic E-state index is 0.0439. The van der Waals surface area contributed by atoms with Crippen molar-refractivity contribution in [1.82, 2.24) is 9.97 Å². The molecule has 1 aliphatic carbocycles. The van der Waals surface area contributed by atoms with Gasteiger partial charge in [-0.05, 0) is 48.2 Å². The van der Waals surface area contributed by atoms with Gasteiger partial charge in [0.1, 0.15) is 6.33 Å². The van der Waals surface area contributed by atoms with Crippen molar-refractivity contribution in [3.05, 3.63) is 77.4 Å². The third kappa shape index (κ3) is 6.44. The second-order valence-electron chi connectivity index (χ2n) is 9.26. The number of carbonyl (C=O) groups is 2. The first-order chi connectivity index (χ1) is 18.5. The van der Waals surface area contributed by atoms with Crippen LogP contribution in [0.4, 0.5) is 34.9 Å². The molecule has 0 saturated heterocycles. The van der Waals surface area contributed by atoms with Gasteiger partial charge in [0.15, 0.2) is 11.6 Å². The van der Waals surface area contributed by atoms with Gasteiger partial charge in [-0.1, -0.05) is 24.3 Å². The number of esters is 1. The van der Waals surface area contributed by atoms with Crippen molar-refractivity contribution in [2.24, 2.45) is 5.73 Å². The Kier molecular flexibility index (Phi) is 8.03. The molecule has 1 amide bonds. The summed E-state index contributed by atoms with van der Waals surface area (Å²) in [5.74, 6) is -1.95. The number of aromatic nitrogens is 2. The highest BCUT2D eigenvalue weighted by Gasteiger charge is 2.39. The summed E-state index contributed by atoms with van der Waals surface area (Å²) < 4.78 is 60.4. The lowest BCUT2D eigenvalue weighted by atomic mass is 9.99. The van der Waals surface area contributed by atoms with E-state index in [2.05, 4.69) is 9.97 Å². The van der Waals surface area contributed by atoms with Crippen molar-refractivity contribution in [1.29, 1.82) is 0 Å². The van der Waals surface area contributed by atoms with Crippen molar-refractivity contribution < 1.29 is 31.9 Å². The molecule has 12 heteroatoms. The molecule has 0 radical (unpaired) electrons. The molecule has 0 spiro atoms. The molecule has 1 aromatic heterocycles. The third-order valence-electron chi connectivity index (χ3n) is 6.50. The molecule has 4 rings (SSSR count). The Morgan fingerprint density at radius 2 is 1.67 bits per heavy atom. The Bertz CT molecular complexity index is 1330. The molecule has 1 aliphatic rings. The van der Waals surface area contributed by atoms with Gasteiger partial charge in [-0.2, -0.15) is 17.6 Å². The summed E-state index contributed by atoms with van der Waals surface area (Å²) in [6.07, 6.45) is -2.11. The summed E-state index contributed by atoms with van der Waals surface area (Å²) in [6.45, 7) is 0. The smallest absolute Gasteiger partial charge is 0.416 e. The quantitative estimate of drug-likeness (QED) is 0.291. The van der Waals surface area contributed by atoms with E-state index in [1.165, 1.54) is 30.5 Å². The molecule has 8 nitrogen and oxygen atoms in total. The normalized spacial score (nSPS) is 14.0. The number of ether oxygens (including phenoxy) is 1. The number of hydrogen-bond donors (Lipinski definition) is 1. The summed E-state index contributed by atoms with van der Waals surface area (Å²) in [5.41, 5.74) is 6.08. The van der Waals surface area contributed by atoms with E-state index in [1.807, 2.05) is 0 Å². The van der Waals surface area contributed by atoms with Crippen LogP contribution >= 0.6 is 0 Å². The standard InChI is InChI=1S/C27H27F4N5O3/c1-35(19-9-3-16(4-10-19)13-22(32)37)25-24(28)26(34-15-33-25)36(20-11-12-20)21(14-23(38)39-2)17-5-7-18(8-6-17)27(29,30)31/h3-10,15,20-21H,11-14H2,1-2H3,(H2,32,37). The fraction of sp³-hybridized carbons (Fsp3) is 0.333. The van der Waals surface area contributed by atoms with E-state index < -0.39 is 35.5 Å². The Balaban J connectivity index is 1.72. The fourth-order valence-electron chi connectivity index (χ4n) is 4.37. The number of primary amides is 1. The van der Waals surface area contributed by atoms with Gasteiger partial charge in [0.2, 0.25) is 11.7 Å². The Morgan fingerprint density at radius 3 is 2.21 bits per heavy atom. The minimum atomic E-state index is -4.52. The summed E-state index contributed by atoms with van der Waals surface area (Å²) in [7, 11) is 2.82. The number of halogens is 4. The third-order valence-corrected chi connectivity index (χ3v) is 6.50. The maximum Gasteiger partial charge on any atom is 0.416 e. The van der Waals surface area contributed by atoms with Crippen LogP contribution in [-0.4, -0.2) is 42.0 Å². The number of amides is 1. The number of alkyl halides is 3. The maximum absolute atomic E-state index is 16.1. The fourth-order valence-corrected chi connectivity index (χ4v) is 4.37. The van der Waals surface area contributed by atoms with E-state index in [-0.39, 0.29) is 30.5 Å². The van der Waals surface area contributed by atoms with Gasteiger partial charge in [-0.15, -0.1) is 0 Å². The van der Waals surface area contributed by atoms with Crippen LogP contribution in [0.3, 0.4) is 0 Å². The van der Waals surface area contributed by atoms with Crippen LogP contribution in [0.5, 0.6) is 0 Å². The average Bonchev–Trinajstić information content (AvgIpc) is 3.73. The first kappa shape index (κ1) is 27.8. The van der Waals surface area contributed by atoms with E-state index in [4.69, 9.17) is 10.5 Å². The summed E-state index contributed by atoms with van der Waals surface area (Å²) >= 11 is 0. The zero-order valence-electron chi connectivity index (χ0n) is 21.3. The number of benzene rings is 2. The van der Waals surface area contributed by atoms with Gasteiger partial charge in [0, 0.05) is 18.8 Å². The number of hydrogen-bond acceptors (Lipinski definition) is 7. The molecule has 39 heavy (non-hydrogen) atoms. The van der Waals surface area contributed by atoms with Gasteiger partial charge >= 0.3 is 12.1 Å². The number of carbonyl (C=O) groups excluding carboxylic acids is 2. The van der Waals surface area contributed by atoms with E-state index in [9.17, 15) is 22.8 Å². The lowest BCUT2D eigenvalue weighted by Gasteiger charge is -2.34. The first-order valence-corrected chi connectivity index (χ1v) is 12.1. The molecule has 0 bridgehead atoms. The van der Waals surface area contributed by atoms with Crippen LogP contribution in [0, 0.1) is 5.82 Å². The van der Waals surface area contributed by atoms with Gasteiger partial charge in [-0.3, -0.25) is 9.59 Å². The predicted molar refractivity (Wildman–Crippen MR) is 136 cm³/mol. The zero-order valence-corrected chi connectivity index (χ0v) is 21.3. The lowest BCUT2D eigenvalue weighted by Crippen LogP contribution is -2.34. The molecule has 1 heterocycles. The zero-order chi connectivity index (χ0) is 28.3. The van der Waals surface area contributed by atoms with Crippen molar-refractivity contribution in [3.8, 4) is 0 Å². The number of nitrogens with two attached hydrogens (primary N) is 1. The van der Waals surface area contributed by atoms with E-state index in [0.29, 0.717) is 29.7 Å². The van der Waals surface area contributed by atoms with Gasteiger partial charge in [0.05, 0.1) is 31.6 Å². The second kappa shape index (κ2) is 11.3. The molecular weight excluding hydrogens is 518 g/mol. The predicted octanol–water partition coefficient (Wildman–Crippen LogP) is 4.70. The summed E-state index contributed by atoms with van der Waals surface area (Å²) in [6, 6.07) is 10.2. The SMILES string of the molecule is COC(=O)CC(c1ccc(C(F)(F)F)cc1)N(c1ncnc(N(C)c2ccc(CC(N)=O)cc2)c1F)C1CC1. The van der Waals surface area contributed by atoms with E-state index in [0.717, 1.165) is 12.1 Å². The molecule has 3 aromatic rings. The lowest BCUT2D eigenvalue weighted by molar-refractivity contribution is -0.141. The van der Waals surface area contributed by atoms with Crippen LogP contribution in [0.2, 0.25) is 0 Å². The topological polar surface area (TPSA) is 102 Å². The molecule has 1 saturated carbocycles. The molecule has 1 atom stereocenters. The molecule has 0 aliphatic heterocycles. The Labute approximate surface area is 222 Å². The van der Waals surface area contributed by atoms with Crippen LogP contribution in [0.1, 0.15) is 42.0 Å². The van der Waals surface area contributed by atoms with Gasteiger partial charge < -0.3 is 20.3 Å². The first-order valence-electron chi connectivity index (χ1n) is 12.1. The number of nitrogens with zero attached hydrogens (tertiary/aromatic N) is 4. The second-order valence-corrected chi connectivity index (χ2v) is 9.26. The molecule has 2 aromatic carbocycles. The molecule has 206 valence electrons. The van der Waals surface area contributed by atoms with Crippen LogP contribution < -0.4 is 15.5 Å². The van der Waals surface area contributed by atoms with Gasteiger partial charge in [-0.25, -0.2) is 9.97 Å². The number of anilines is 3. The molecule has 1 unspecified atom stereocenters. The van der Waals surface area contributed by atoms with Crippen LogP contribution in [0.25, 0.3) is 0 Å². The number of rotatable bonds is 10. The van der Waals surface area contributed by atoms with Crippen molar-refractivity contribution in [3.63, 3.8) is 0 Å². The van der Waals surface area contributed by atoms with Crippen LogP contribution in [0.15, 0.2) is 54.9 Å². The van der Waals surface area contributed by atoms with Crippen molar-refractivity contribution >= 4 is 29.2 Å². The maximum atomic E-state index is 16.1. The van der Waals surface area contributed by atoms with E-state index >= 15 is 4.39 Å². The van der Waals surface area contributed by atoms with Gasteiger partial charge in [0.25, 0.3) is 0 Å². The molecule has 1 fully saturated rings. The highest BCUT2D eigenvalue weighted by Crippen LogP contribution is 2.42.